The summed E-state index contributed by atoms with van der Waals surface area (Å²) < 4.78 is 26.6. The molecule has 0 unspecified atom stereocenters. The minimum absolute atomic E-state index is 0.0896. The molecule has 0 radical (unpaired) electrons. The zero-order chi connectivity index (χ0) is 15.5. The van der Waals surface area contributed by atoms with Crippen LogP contribution in [0.4, 0.5) is 0 Å². The van der Waals surface area contributed by atoms with Crippen molar-refractivity contribution >= 4 is 38.6 Å². The van der Waals surface area contributed by atoms with Crippen LogP contribution in [0.25, 0.3) is 0 Å². The van der Waals surface area contributed by atoms with Gasteiger partial charge < -0.3 is 5.73 Å². The number of rotatable bonds is 6. The molecule has 0 atom stereocenters. The molecule has 1 heterocycles. The lowest BCUT2D eigenvalue weighted by Crippen LogP contribution is -2.24. The first-order valence-electron chi connectivity index (χ1n) is 6.13. The summed E-state index contributed by atoms with van der Waals surface area (Å²) in [6, 6.07) is 6.86. The van der Waals surface area contributed by atoms with Crippen molar-refractivity contribution in [2.75, 3.05) is 0 Å². The first kappa shape index (κ1) is 16.0. The molecular weight excluding hydrogens is 326 g/mol. The normalized spacial score (nSPS) is 11.5. The highest BCUT2D eigenvalue weighted by atomic mass is 32.2. The van der Waals surface area contributed by atoms with Gasteiger partial charge in [0.2, 0.25) is 10.0 Å². The van der Waals surface area contributed by atoms with Crippen molar-refractivity contribution in [2.24, 2.45) is 5.73 Å². The van der Waals surface area contributed by atoms with Crippen molar-refractivity contribution < 1.29 is 8.42 Å². The molecule has 21 heavy (non-hydrogen) atoms. The van der Waals surface area contributed by atoms with Gasteiger partial charge >= 0.3 is 0 Å². The quantitative estimate of drug-likeness (QED) is 0.781. The van der Waals surface area contributed by atoms with Crippen LogP contribution in [0.2, 0.25) is 0 Å². The Bertz CT molecular complexity index is 736. The Kier molecular flexibility index (Phi) is 5.04. The third-order valence-electron chi connectivity index (χ3n) is 2.73. The van der Waals surface area contributed by atoms with Gasteiger partial charge in [-0.25, -0.2) is 18.1 Å². The SMILES string of the molecule is Cc1nc(CNS(=O)(=O)Cc2ccc(C(N)=S)cc2)cs1. The fourth-order valence-corrected chi connectivity index (χ4v) is 3.56. The van der Waals surface area contributed by atoms with E-state index in [1.807, 2.05) is 12.3 Å². The number of thiazole rings is 1. The van der Waals surface area contributed by atoms with Crippen molar-refractivity contribution in [1.29, 1.82) is 0 Å². The van der Waals surface area contributed by atoms with Crippen molar-refractivity contribution in [3.63, 3.8) is 0 Å². The van der Waals surface area contributed by atoms with Gasteiger partial charge in [-0.15, -0.1) is 11.3 Å². The van der Waals surface area contributed by atoms with Gasteiger partial charge in [0.15, 0.2) is 0 Å². The molecule has 8 heteroatoms. The number of thiocarbonyl (C=S) groups is 1. The smallest absolute Gasteiger partial charge is 0.216 e. The third-order valence-corrected chi connectivity index (χ3v) is 5.09. The molecule has 1 aromatic carbocycles. The molecule has 3 N–H and O–H groups in total. The molecule has 0 aliphatic heterocycles. The van der Waals surface area contributed by atoms with Crippen molar-refractivity contribution in [3.8, 4) is 0 Å². The highest BCUT2D eigenvalue weighted by molar-refractivity contribution is 7.88. The van der Waals surface area contributed by atoms with E-state index < -0.39 is 10.0 Å². The summed E-state index contributed by atoms with van der Waals surface area (Å²) in [6.45, 7) is 2.09. The molecule has 0 bridgehead atoms. The van der Waals surface area contributed by atoms with Crippen LogP contribution >= 0.6 is 23.6 Å². The van der Waals surface area contributed by atoms with Gasteiger partial charge in [0, 0.05) is 10.9 Å². The number of nitrogens with one attached hydrogen (secondary N) is 1. The second-order valence-corrected chi connectivity index (χ2v) is 7.81. The van der Waals surface area contributed by atoms with Gasteiger partial charge in [0.1, 0.15) is 4.99 Å². The summed E-state index contributed by atoms with van der Waals surface area (Å²) >= 11 is 6.35. The number of nitrogens with zero attached hydrogens (tertiary/aromatic N) is 1. The maximum atomic E-state index is 12.0. The number of aromatic nitrogens is 1. The standard InChI is InChI=1S/C13H15N3O2S3/c1-9-16-12(7-20-9)6-15-21(17,18)8-10-2-4-11(5-3-10)13(14)19/h2-5,7,15H,6,8H2,1H3,(H2,14,19). The van der Waals surface area contributed by atoms with Crippen molar-refractivity contribution in [1.82, 2.24) is 9.71 Å². The Labute approximate surface area is 133 Å². The summed E-state index contributed by atoms with van der Waals surface area (Å²) in [5.74, 6) is -0.0896. The zero-order valence-electron chi connectivity index (χ0n) is 11.4. The van der Waals surface area contributed by atoms with Crippen LogP contribution in [0.1, 0.15) is 21.8 Å². The molecule has 0 spiro atoms. The van der Waals surface area contributed by atoms with E-state index in [1.54, 1.807) is 24.3 Å². The molecule has 0 fully saturated rings. The molecule has 2 aromatic rings. The van der Waals surface area contributed by atoms with Gasteiger partial charge in [-0.05, 0) is 12.5 Å². The molecule has 0 aliphatic rings. The Morgan fingerprint density at radius 1 is 1.38 bits per heavy atom. The summed E-state index contributed by atoms with van der Waals surface area (Å²) in [6.07, 6.45) is 0. The average Bonchev–Trinajstić information content (AvgIpc) is 2.83. The topological polar surface area (TPSA) is 85.1 Å². The summed E-state index contributed by atoms with van der Waals surface area (Å²) in [7, 11) is -3.41. The monoisotopic (exact) mass is 341 g/mol. The minimum atomic E-state index is -3.41. The Morgan fingerprint density at radius 3 is 2.57 bits per heavy atom. The first-order valence-corrected chi connectivity index (χ1v) is 9.07. The van der Waals surface area contributed by atoms with E-state index in [-0.39, 0.29) is 12.3 Å². The number of aryl methyl sites for hydroxylation is 1. The summed E-state index contributed by atoms with van der Waals surface area (Å²) in [4.78, 5) is 4.51. The Morgan fingerprint density at radius 2 is 2.05 bits per heavy atom. The van der Waals surface area contributed by atoms with Crippen LogP contribution in [0.15, 0.2) is 29.6 Å². The molecule has 0 amide bonds. The molecule has 1 aromatic heterocycles. The van der Waals surface area contributed by atoms with E-state index in [9.17, 15) is 8.42 Å². The highest BCUT2D eigenvalue weighted by Crippen LogP contribution is 2.10. The van der Waals surface area contributed by atoms with Crippen LogP contribution in [0, 0.1) is 6.92 Å². The first-order chi connectivity index (χ1) is 9.85. The maximum Gasteiger partial charge on any atom is 0.216 e. The molecule has 112 valence electrons. The van der Waals surface area contributed by atoms with E-state index in [0.29, 0.717) is 10.6 Å². The number of benzene rings is 1. The molecular formula is C13H15N3O2S3. The maximum absolute atomic E-state index is 12.0. The molecule has 5 nitrogen and oxygen atoms in total. The van der Waals surface area contributed by atoms with Crippen LogP contribution < -0.4 is 10.5 Å². The number of hydrogen-bond donors (Lipinski definition) is 2. The fraction of sp³-hybridized carbons (Fsp3) is 0.231. The fourth-order valence-electron chi connectivity index (χ4n) is 1.71. The molecule has 0 saturated heterocycles. The van der Waals surface area contributed by atoms with Crippen LogP contribution in [0.3, 0.4) is 0 Å². The van der Waals surface area contributed by atoms with Gasteiger partial charge in [0.05, 0.1) is 23.0 Å². The second kappa shape index (κ2) is 6.61. The largest absolute Gasteiger partial charge is 0.389 e. The van der Waals surface area contributed by atoms with Crippen LogP contribution in [-0.2, 0) is 22.3 Å². The number of sulfonamides is 1. The molecule has 0 saturated carbocycles. The number of hydrogen-bond acceptors (Lipinski definition) is 5. The van der Waals surface area contributed by atoms with E-state index >= 15 is 0 Å². The van der Waals surface area contributed by atoms with Gasteiger partial charge in [0.25, 0.3) is 0 Å². The zero-order valence-corrected chi connectivity index (χ0v) is 13.8. The van der Waals surface area contributed by atoms with Crippen molar-refractivity contribution in [3.05, 3.63) is 51.5 Å². The van der Waals surface area contributed by atoms with Crippen LogP contribution in [-0.4, -0.2) is 18.4 Å². The lowest BCUT2D eigenvalue weighted by Gasteiger charge is -2.06. The van der Waals surface area contributed by atoms with E-state index in [2.05, 4.69) is 9.71 Å². The van der Waals surface area contributed by atoms with E-state index in [1.165, 1.54) is 11.3 Å². The summed E-state index contributed by atoms with van der Waals surface area (Å²) in [5.41, 5.74) is 7.62. The molecule has 0 aliphatic carbocycles. The summed E-state index contributed by atoms with van der Waals surface area (Å²) in [5, 5.41) is 2.76. The number of nitrogens with two attached hydrogens (primary N) is 1. The lowest BCUT2D eigenvalue weighted by atomic mass is 10.1. The lowest BCUT2D eigenvalue weighted by molar-refractivity contribution is 0.579. The molecule has 2 rings (SSSR count). The minimum Gasteiger partial charge on any atom is -0.389 e. The Balaban J connectivity index is 1.98. The van der Waals surface area contributed by atoms with Crippen molar-refractivity contribution in [2.45, 2.75) is 19.2 Å². The van der Waals surface area contributed by atoms with Gasteiger partial charge in [-0.1, -0.05) is 36.5 Å². The van der Waals surface area contributed by atoms with Gasteiger partial charge in [-0.3, -0.25) is 0 Å². The third kappa shape index (κ3) is 4.85. The van der Waals surface area contributed by atoms with Crippen LogP contribution in [0.5, 0.6) is 0 Å². The highest BCUT2D eigenvalue weighted by Gasteiger charge is 2.12. The predicted octanol–water partition coefficient (Wildman–Crippen LogP) is 1.71. The van der Waals surface area contributed by atoms with E-state index in [4.69, 9.17) is 18.0 Å². The second-order valence-electron chi connectivity index (χ2n) is 4.50. The Hall–Kier alpha value is -1.35. The average molecular weight is 341 g/mol. The van der Waals surface area contributed by atoms with E-state index in [0.717, 1.165) is 16.3 Å². The van der Waals surface area contributed by atoms with Gasteiger partial charge in [-0.2, -0.15) is 0 Å². The predicted molar refractivity (Wildman–Crippen MR) is 88.6 cm³/mol.